The van der Waals surface area contributed by atoms with E-state index in [9.17, 15) is 0 Å². The summed E-state index contributed by atoms with van der Waals surface area (Å²) in [7, 11) is -4.96. The molecule has 0 amide bonds. The van der Waals surface area contributed by atoms with Crippen LogP contribution in [0.25, 0.3) is 6.08 Å². The molecule has 0 bridgehead atoms. The Morgan fingerprint density at radius 3 is 1.40 bits per heavy atom. The van der Waals surface area contributed by atoms with Crippen molar-refractivity contribution >= 4 is 47.9 Å². The number of halogens is 1. The van der Waals surface area contributed by atoms with Gasteiger partial charge in [0.2, 0.25) is 0 Å². The van der Waals surface area contributed by atoms with Gasteiger partial charge in [0.15, 0.2) is 0 Å². The molecule has 5 heteroatoms. The molecule has 5 aromatic carbocycles. The standard InChI is InChI=1S/C45H47NOPSi.HI/c1-37(36-38-22-20-21-34-46-38)44(47-49(45(2,3)4,42-29-16-8-17-30-42)43-31-18-9-19-32-43)33-35-48(39-23-10-5-11-24-39,40-25-12-6-13-26-40)41-27-14-7-15-28-41;/h5-32,34,36,44H,33,35H2,1-4H3;1H/q+1;/p-1/t44-;/m0./s1. The molecule has 1 atom stereocenters. The zero-order valence-corrected chi connectivity index (χ0v) is 33.5. The summed E-state index contributed by atoms with van der Waals surface area (Å²) in [6.45, 7) is 9.33. The molecule has 254 valence electrons. The first-order valence-electron chi connectivity index (χ1n) is 17.3. The molecule has 0 N–H and O–H groups in total. The summed E-state index contributed by atoms with van der Waals surface area (Å²) < 4.78 is 7.97. The Bertz CT molecular complexity index is 1780. The third-order valence-electron chi connectivity index (χ3n) is 9.62. The Balaban J connectivity index is 0.00000486. The van der Waals surface area contributed by atoms with Crippen molar-refractivity contribution in [1.82, 2.24) is 4.98 Å². The number of benzene rings is 5. The van der Waals surface area contributed by atoms with Crippen LogP contribution < -0.4 is 50.3 Å². The van der Waals surface area contributed by atoms with Crippen LogP contribution >= 0.6 is 7.26 Å². The molecule has 0 aliphatic carbocycles. The van der Waals surface area contributed by atoms with E-state index in [-0.39, 0.29) is 35.1 Å². The molecule has 0 spiro atoms. The van der Waals surface area contributed by atoms with E-state index in [1.807, 2.05) is 12.3 Å². The highest BCUT2D eigenvalue weighted by Crippen LogP contribution is 2.56. The lowest BCUT2D eigenvalue weighted by Crippen LogP contribution is -3.00. The number of hydrogen-bond donors (Lipinski definition) is 0. The van der Waals surface area contributed by atoms with E-state index in [0.29, 0.717) is 0 Å². The Morgan fingerprint density at radius 1 is 0.620 bits per heavy atom. The first-order chi connectivity index (χ1) is 23.8. The van der Waals surface area contributed by atoms with Crippen molar-refractivity contribution in [2.45, 2.75) is 45.3 Å². The van der Waals surface area contributed by atoms with Gasteiger partial charge in [-0.05, 0) is 82.5 Å². The fourth-order valence-corrected chi connectivity index (χ4v) is 16.3. The maximum atomic E-state index is 7.97. The van der Waals surface area contributed by atoms with E-state index in [4.69, 9.17) is 9.41 Å². The highest BCUT2D eigenvalue weighted by atomic mass is 127. The maximum absolute atomic E-state index is 7.97. The predicted molar refractivity (Wildman–Crippen MR) is 215 cm³/mol. The van der Waals surface area contributed by atoms with Crippen molar-refractivity contribution in [1.29, 1.82) is 0 Å². The van der Waals surface area contributed by atoms with Gasteiger partial charge in [-0.15, -0.1) is 0 Å². The fourth-order valence-electron chi connectivity index (χ4n) is 7.26. The van der Waals surface area contributed by atoms with Gasteiger partial charge >= 0.3 is 0 Å². The van der Waals surface area contributed by atoms with Gasteiger partial charge in [-0.2, -0.15) is 0 Å². The fraction of sp³-hybridized carbons (Fsp3) is 0.178. The predicted octanol–water partition coefficient (Wildman–Crippen LogP) is 5.82. The van der Waals surface area contributed by atoms with E-state index in [1.165, 1.54) is 31.9 Å². The Hall–Kier alpha value is -3.67. The zero-order valence-electron chi connectivity index (χ0n) is 29.5. The maximum Gasteiger partial charge on any atom is 0.261 e. The lowest BCUT2D eigenvalue weighted by molar-refractivity contribution is -0.0000107. The number of hydrogen-bond acceptors (Lipinski definition) is 2. The number of pyridine rings is 1. The molecule has 1 heterocycles. The Labute approximate surface area is 318 Å². The second kappa shape index (κ2) is 17.0. The smallest absolute Gasteiger partial charge is 0.261 e. The second-order valence-electron chi connectivity index (χ2n) is 13.7. The van der Waals surface area contributed by atoms with Gasteiger partial charge in [0.25, 0.3) is 8.32 Å². The van der Waals surface area contributed by atoms with Crippen molar-refractivity contribution < 1.29 is 28.4 Å². The highest BCUT2D eigenvalue weighted by Gasteiger charge is 2.52. The molecule has 0 aliphatic heterocycles. The van der Waals surface area contributed by atoms with Crippen molar-refractivity contribution in [3.05, 3.63) is 187 Å². The molecule has 0 saturated carbocycles. The normalized spacial score (nSPS) is 12.9. The number of aromatic nitrogens is 1. The van der Waals surface area contributed by atoms with Crippen LogP contribution in [0.1, 0.15) is 39.8 Å². The van der Waals surface area contributed by atoms with Crippen LogP contribution in [0.2, 0.25) is 5.04 Å². The van der Waals surface area contributed by atoms with E-state index in [1.54, 1.807) is 0 Å². The molecule has 0 unspecified atom stereocenters. The lowest BCUT2D eigenvalue weighted by atomic mass is 10.1. The van der Waals surface area contributed by atoms with Crippen LogP contribution in [-0.2, 0) is 4.43 Å². The van der Waals surface area contributed by atoms with E-state index in [2.05, 4.69) is 198 Å². The minimum Gasteiger partial charge on any atom is -1.00 e. The average molecular weight is 804 g/mol. The largest absolute Gasteiger partial charge is 1.00 e. The third-order valence-corrected chi connectivity index (χ3v) is 19.1. The van der Waals surface area contributed by atoms with Crippen LogP contribution in [0.5, 0.6) is 0 Å². The van der Waals surface area contributed by atoms with E-state index in [0.717, 1.165) is 18.3 Å². The van der Waals surface area contributed by atoms with Crippen LogP contribution in [0.15, 0.2) is 182 Å². The van der Waals surface area contributed by atoms with Gasteiger partial charge in [0, 0.05) is 12.6 Å². The summed E-state index contributed by atoms with van der Waals surface area (Å²) in [5, 5.41) is 6.61. The van der Waals surface area contributed by atoms with Gasteiger partial charge < -0.3 is 28.4 Å². The van der Waals surface area contributed by atoms with Crippen LogP contribution in [-0.4, -0.2) is 25.6 Å². The van der Waals surface area contributed by atoms with Crippen molar-refractivity contribution in [2.75, 3.05) is 6.16 Å². The van der Waals surface area contributed by atoms with E-state index < -0.39 is 15.6 Å². The molecule has 0 aliphatic rings. The minimum atomic E-state index is -2.88. The van der Waals surface area contributed by atoms with E-state index >= 15 is 0 Å². The third kappa shape index (κ3) is 7.95. The van der Waals surface area contributed by atoms with Crippen LogP contribution in [0.3, 0.4) is 0 Å². The number of nitrogens with zero attached hydrogens (tertiary/aromatic N) is 1. The quantitative estimate of drug-likeness (QED) is 0.0886. The highest BCUT2D eigenvalue weighted by molar-refractivity contribution is 7.95. The first-order valence-corrected chi connectivity index (χ1v) is 21.2. The van der Waals surface area contributed by atoms with Gasteiger partial charge in [0.1, 0.15) is 23.2 Å². The summed E-state index contributed by atoms with van der Waals surface area (Å²) in [6, 6.07) is 61.7. The van der Waals surface area contributed by atoms with Crippen LogP contribution in [0.4, 0.5) is 0 Å². The molecule has 2 nitrogen and oxygen atoms in total. The summed E-state index contributed by atoms with van der Waals surface area (Å²) >= 11 is 0. The van der Waals surface area contributed by atoms with Gasteiger partial charge in [-0.3, -0.25) is 4.98 Å². The molecule has 6 rings (SSSR count). The summed E-state index contributed by atoms with van der Waals surface area (Å²) in [5.41, 5.74) is 2.14. The molecule has 0 saturated heterocycles. The van der Waals surface area contributed by atoms with Crippen molar-refractivity contribution in [2.24, 2.45) is 0 Å². The molecule has 0 fully saturated rings. The van der Waals surface area contributed by atoms with Gasteiger partial charge in [0.05, 0.1) is 18.0 Å². The summed E-state index contributed by atoms with van der Waals surface area (Å²) in [4.78, 5) is 4.70. The summed E-state index contributed by atoms with van der Waals surface area (Å²) in [5.74, 6) is 0. The van der Waals surface area contributed by atoms with Crippen molar-refractivity contribution in [3.63, 3.8) is 0 Å². The summed E-state index contributed by atoms with van der Waals surface area (Å²) in [6.07, 6.45) is 5.76. The molecule has 50 heavy (non-hydrogen) atoms. The zero-order chi connectivity index (χ0) is 34.2. The monoisotopic (exact) mass is 803 g/mol. The Kier molecular flexibility index (Phi) is 12.8. The van der Waals surface area contributed by atoms with Crippen LogP contribution in [0, 0.1) is 0 Å². The molecule has 6 aromatic rings. The average Bonchev–Trinajstić information content (AvgIpc) is 3.15. The SMILES string of the molecule is CC(=Cc1ccccn1)[C@H](CC[P+](c1ccccc1)(c1ccccc1)c1ccccc1)O[Si](c1ccccc1)(c1ccccc1)C(C)(C)C.[I-]. The second-order valence-corrected chi connectivity index (χ2v) is 21.6. The lowest BCUT2D eigenvalue weighted by Gasteiger charge is -2.45. The molecular formula is C45H47INOPSi. The Morgan fingerprint density at radius 2 is 1.02 bits per heavy atom. The first kappa shape index (κ1) is 37.6. The minimum absolute atomic E-state index is 0. The molecule has 1 aromatic heterocycles. The molecule has 0 radical (unpaired) electrons. The molecular weight excluding hydrogens is 756 g/mol. The topological polar surface area (TPSA) is 22.1 Å². The van der Waals surface area contributed by atoms with Crippen molar-refractivity contribution in [3.8, 4) is 0 Å². The van der Waals surface area contributed by atoms with Gasteiger partial charge in [-0.1, -0.05) is 142 Å². The number of rotatable bonds is 12. The van der Waals surface area contributed by atoms with Gasteiger partial charge in [-0.25, -0.2) is 0 Å².